The molecule has 3 aromatic rings. The molecule has 0 atom stereocenters. The fourth-order valence-electron chi connectivity index (χ4n) is 3.39. The topological polar surface area (TPSA) is 58.1 Å². The first-order valence-electron chi connectivity index (χ1n) is 11.3. The number of carbonyl (C=O) groups is 1. The van der Waals surface area contributed by atoms with Gasteiger partial charge >= 0.3 is 0 Å². The zero-order valence-electron chi connectivity index (χ0n) is 19.3. The number of hydrogen-bond donors (Lipinski definition) is 1. The number of anilines is 1. The molecule has 5 nitrogen and oxygen atoms in total. The third-order valence-corrected chi connectivity index (χ3v) is 6.30. The van der Waals surface area contributed by atoms with E-state index in [9.17, 15) is 4.79 Å². The Hall–Kier alpha value is -2.57. The summed E-state index contributed by atoms with van der Waals surface area (Å²) in [6.45, 7) is 3.63. The molecule has 0 aliphatic heterocycles. The molecule has 0 aliphatic carbocycles. The lowest BCUT2D eigenvalue weighted by Crippen LogP contribution is -2.24. The van der Waals surface area contributed by atoms with Crippen LogP contribution in [0.5, 0.6) is 0 Å². The average molecular weight is 483 g/mol. The van der Waals surface area contributed by atoms with Crippen LogP contribution in [0, 0.1) is 0 Å². The van der Waals surface area contributed by atoms with Gasteiger partial charge in [0.05, 0.1) is 0 Å². The van der Waals surface area contributed by atoms with Crippen LogP contribution in [0.4, 0.5) is 5.82 Å². The molecule has 3 rings (SSSR count). The SMILES string of the molecule is CCCCCCNC(=O)c1cccc(CSc2nc(Cl)cc(N(C)Cc3ccccc3)n2)c1. The fraction of sp³-hybridized carbons (Fsp3) is 0.346. The highest BCUT2D eigenvalue weighted by Gasteiger charge is 2.10. The molecule has 1 N–H and O–H groups in total. The molecule has 174 valence electrons. The van der Waals surface area contributed by atoms with Crippen molar-refractivity contribution < 1.29 is 4.79 Å². The molecule has 1 amide bonds. The zero-order valence-corrected chi connectivity index (χ0v) is 20.8. The second-order valence-corrected chi connectivity index (χ2v) is 9.31. The maximum absolute atomic E-state index is 12.5. The predicted octanol–water partition coefficient (Wildman–Crippen LogP) is 6.37. The number of carbonyl (C=O) groups excluding carboxylic acids is 1. The first kappa shape index (κ1) is 25.1. The third-order valence-electron chi connectivity index (χ3n) is 5.19. The number of unbranched alkanes of at least 4 members (excludes halogenated alkanes) is 3. The molecule has 2 aromatic carbocycles. The highest BCUT2D eigenvalue weighted by molar-refractivity contribution is 7.98. The Bertz CT molecular complexity index is 1030. The normalized spacial score (nSPS) is 10.8. The second kappa shape index (κ2) is 13.2. The van der Waals surface area contributed by atoms with Gasteiger partial charge in [0.2, 0.25) is 0 Å². The van der Waals surface area contributed by atoms with Crippen LogP contribution in [0.15, 0.2) is 65.8 Å². The lowest BCUT2D eigenvalue weighted by atomic mass is 10.1. The Morgan fingerprint density at radius 2 is 1.79 bits per heavy atom. The second-order valence-electron chi connectivity index (χ2n) is 7.98. The van der Waals surface area contributed by atoms with Gasteiger partial charge in [-0.25, -0.2) is 9.97 Å². The van der Waals surface area contributed by atoms with E-state index in [1.165, 1.54) is 30.2 Å². The number of halogens is 1. The van der Waals surface area contributed by atoms with Crippen LogP contribution in [0.2, 0.25) is 5.15 Å². The Kier molecular flexibility index (Phi) is 10.0. The van der Waals surface area contributed by atoms with E-state index in [1.807, 2.05) is 49.5 Å². The number of nitrogens with one attached hydrogen (secondary N) is 1. The summed E-state index contributed by atoms with van der Waals surface area (Å²) < 4.78 is 0. The summed E-state index contributed by atoms with van der Waals surface area (Å²) >= 11 is 7.79. The summed E-state index contributed by atoms with van der Waals surface area (Å²) in [6.07, 6.45) is 4.56. The Balaban J connectivity index is 1.58. The maximum atomic E-state index is 12.5. The molecule has 0 fully saturated rings. The number of nitrogens with zero attached hydrogens (tertiary/aromatic N) is 3. The monoisotopic (exact) mass is 482 g/mol. The lowest BCUT2D eigenvalue weighted by Gasteiger charge is -2.19. The first-order chi connectivity index (χ1) is 16.0. The van der Waals surface area contributed by atoms with Crippen molar-refractivity contribution in [1.29, 1.82) is 0 Å². The number of amides is 1. The molecule has 0 aliphatic rings. The summed E-state index contributed by atoms with van der Waals surface area (Å²) in [5.74, 6) is 1.40. The van der Waals surface area contributed by atoms with Gasteiger partial charge in [0, 0.05) is 37.5 Å². The minimum atomic E-state index is -0.0258. The van der Waals surface area contributed by atoms with Gasteiger partial charge in [-0.3, -0.25) is 4.79 Å². The van der Waals surface area contributed by atoms with Crippen LogP contribution in [0.1, 0.15) is 54.1 Å². The van der Waals surface area contributed by atoms with Crippen molar-refractivity contribution in [2.45, 2.75) is 50.1 Å². The van der Waals surface area contributed by atoms with Crippen molar-refractivity contribution in [3.05, 3.63) is 82.5 Å². The van der Waals surface area contributed by atoms with E-state index in [0.717, 1.165) is 30.8 Å². The van der Waals surface area contributed by atoms with E-state index < -0.39 is 0 Å². The summed E-state index contributed by atoms with van der Waals surface area (Å²) in [5, 5.41) is 4.04. The van der Waals surface area contributed by atoms with Crippen molar-refractivity contribution in [3.8, 4) is 0 Å². The molecular formula is C26H31ClN4OS. The molecule has 33 heavy (non-hydrogen) atoms. The number of benzene rings is 2. The van der Waals surface area contributed by atoms with E-state index in [2.05, 4.69) is 39.2 Å². The molecule has 1 aromatic heterocycles. The summed E-state index contributed by atoms with van der Waals surface area (Å²) in [6, 6.07) is 19.7. The summed E-state index contributed by atoms with van der Waals surface area (Å²) in [5.41, 5.74) is 2.92. The Labute approximate surface area is 206 Å². The first-order valence-corrected chi connectivity index (χ1v) is 12.7. The standard InChI is InChI=1S/C26H31ClN4OS/c1-3-4-5-9-15-28-25(32)22-14-10-13-21(16-22)19-33-26-29-23(27)17-24(30-26)31(2)18-20-11-7-6-8-12-20/h6-8,10-14,16-17H,3-5,9,15,18-19H2,1-2H3,(H,28,32). The zero-order chi connectivity index (χ0) is 23.5. The van der Waals surface area contributed by atoms with Crippen molar-refractivity contribution >= 4 is 35.1 Å². The van der Waals surface area contributed by atoms with Gasteiger partial charge in [-0.05, 0) is 29.7 Å². The molecule has 1 heterocycles. The van der Waals surface area contributed by atoms with Crippen molar-refractivity contribution in [1.82, 2.24) is 15.3 Å². The van der Waals surface area contributed by atoms with Crippen LogP contribution >= 0.6 is 23.4 Å². The molecular weight excluding hydrogens is 452 g/mol. The molecule has 0 spiro atoms. The van der Waals surface area contributed by atoms with E-state index in [-0.39, 0.29) is 5.91 Å². The van der Waals surface area contributed by atoms with E-state index in [4.69, 9.17) is 11.6 Å². The van der Waals surface area contributed by atoms with E-state index in [1.54, 1.807) is 6.07 Å². The minimum absolute atomic E-state index is 0.0258. The van der Waals surface area contributed by atoms with Gasteiger partial charge in [0.25, 0.3) is 5.91 Å². The van der Waals surface area contributed by atoms with Crippen LogP contribution in [-0.4, -0.2) is 29.5 Å². The van der Waals surface area contributed by atoms with Gasteiger partial charge in [0.1, 0.15) is 11.0 Å². The van der Waals surface area contributed by atoms with E-state index in [0.29, 0.717) is 28.2 Å². The fourth-order valence-corrected chi connectivity index (χ4v) is 4.41. The average Bonchev–Trinajstić information content (AvgIpc) is 2.83. The van der Waals surface area contributed by atoms with Gasteiger partial charge in [-0.1, -0.05) is 92.0 Å². The Morgan fingerprint density at radius 1 is 1.00 bits per heavy atom. The van der Waals surface area contributed by atoms with Crippen LogP contribution in [0.25, 0.3) is 0 Å². The molecule has 0 bridgehead atoms. The third kappa shape index (κ3) is 8.37. The van der Waals surface area contributed by atoms with Gasteiger partial charge in [0.15, 0.2) is 5.16 Å². The predicted molar refractivity (Wildman–Crippen MR) is 138 cm³/mol. The lowest BCUT2D eigenvalue weighted by molar-refractivity contribution is 0.0953. The summed E-state index contributed by atoms with van der Waals surface area (Å²) in [7, 11) is 1.99. The quantitative estimate of drug-likeness (QED) is 0.141. The van der Waals surface area contributed by atoms with Gasteiger partial charge < -0.3 is 10.2 Å². The van der Waals surface area contributed by atoms with E-state index >= 15 is 0 Å². The minimum Gasteiger partial charge on any atom is -0.355 e. The number of rotatable bonds is 12. The molecule has 0 unspecified atom stereocenters. The van der Waals surface area contributed by atoms with Crippen LogP contribution < -0.4 is 10.2 Å². The molecule has 0 radical (unpaired) electrons. The van der Waals surface area contributed by atoms with Gasteiger partial charge in [-0.2, -0.15) is 0 Å². The Morgan fingerprint density at radius 3 is 2.58 bits per heavy atom. The smallest absolute Gasteiger partial charge is 0.251 e. The van der Waals surface area contributed by atoms with Crippen LogP contribution in [0.3, 0.4) is 0 Å². The number of thioether (sulfide) groups is 1. The molecule has 0 saturated carbocycles. The number of hydrogen-bond acceptors (Lipinski definition) is 5. The molecule has 7 heteroatoms. The van der Waals surface area contributed by atoms with Crippen molar-refractivity contribution in [2.75, 3.05) is 18.5 Å². The highest BCUT2D eigenvalue weighted by Crippen LogP contribution is 2.25. The van der Waals surface area contributed by atoms with Crippen molar-refractivity contribution in [2.24, 2.45) is 0 Å². The molecule has 0 saturated heterocycles. The van der Waals surface area contributed by atoms with Crippen molar-refractivity contribution in [3.63, 3.8) is 0 Å². The van der Waals surface area contributed by atoms with Gasteiger partial charge in [-0.15, -0.1) is 0 Å². The summed E-state index contributed by atoms with van der Waals surface area (Å²) in [4.78, 5) is 23.6. The maximum Gasteiger partial charge on any atom is 0.251 e. The highest BCUT2D eigenvalue weighted by atomic mass is 35.5. The number of aromatic nitrogens is 2. The largest absolute Gasteiger partial charge is 0.355 e. The van der Waals surface area contributed by atoms with Crippen LogP contribution in [-0.2, 0) is 12.3 Å².